The lowest BCUT2D eigenvalue weighted by atomic mass is 10.1. The van der Waals surface area contributed by atoms with Crippen molar-refractivity contribution < 1.29 is 14.4 Å². The zero-order valence-electron chi connectivity index (χ0n) is 11.6. The number of nitrogens with zero attached hydrogens (tertiary/aromatic N) is 3. The number of benzene rings is 1. The van der Waals surface area contributed by atoms with E-state index in [-0.39, 0.29) is 24.3 Å². The highest BCUT2D eigenvalue weighted by molar-refractivity contribution is 5.57. The summed E-state index contributed by atoms with van der Waals surface area (Å²) in [5.41, 5.74) is 6.88. The molecule has 0 amide bonds. The number of aromatic nitrogens is 2. The molecule has 0 fully saturated rings. The first kappa shape index (κ1) is 13.2. The quantitative estimate of drug-likeness (QED) is 0.684. The van der Waals surface area contributed by atoms with Crippen LogP contribution in [0.15, 0.2) is 18.2 Å². The summed E-state index contributed by atoms with van der Waals surface area (Å²) in [6.07, 6.45) is 0. The van der Waals surface area contributed by atoms with E-state index < -0.39 is 4.92 Å². The molecule has 1 unspecified atom stereocenters. The molecule has 0 saturated heterocycles. The molecule has 0 radical (unpaired) electrons. The van der Waals surface area contributed by atoms with Crippen LogP contribution in [0.2, 0.25) is 0 Å². The predicted molar refractivity (Wildman–Crippen MR) is 74.4 cm³/mol. The molecule has 1 aliphatic heterocycles. The molecule has 1 aromatic carbocycles. The fourth-order valence-corrected chi connectivity index (χ4v) is 2.39. The molecule has 110 valence electrons. The summed E-state index contributed by atoms with van der Waals surface area (Å²) in [7, 11) is 0. The van der Waals surface area contributed by atoms with Gasteiger partial charge in [-0.15, -0.1) is 0 Å². The number of hydrogen-bond acceptors (Lipinski definition) is 6. The second-order valence-corrected chi connectivity index (χ2v) is 4.81. The van der Waals surface area contributed by atoms with Gasteiger partial charge in [0.05, 0.1) is 11.0 Å². The van der Waals surface area contributed by atoms with Crippen LogP contribution in [-0.4, -0.2) is 21.5 Å². The highest BCUT2D eigenvalue weighted by atomic mass is 16.7. The maximum atomic E-state index is 11.0. The zero-order valence-corrected chi connectivity index (χ0v) is 11.6. The lowest BCUT2D eigenvalue weighted by Gasteiger charge is -2.14. The molecule has 21 heavy (non-hydrogen) atoms. The molecule has 8 heteroatoms. The smallest absolute Gasteiger partial charge is 0.333 e. The lowest BCUT2D eigenvalue weighted by Crippen LogP contribution is -2.12. The van der Waals surface area contributed by atoms with Crippen molar-refractivity contribution in [1.82, 2.24) is 9.78 Å². The maximum absolute atomic E-state index is 11.0. The number of fused-ring (bicyclic) bond motifs is 1. The van der Waals surface area contributed by atoms with E-state index in [2.05, 4.69) is 5.10 Å². The minimum atomic E-state index is -0.513. The van der Waals surface area contributed by atoms with Crippen molar-refractivity contribution in [3.8, 4) is 11.5 Å². The van der Waals surface area contributed by atoms with Gasteiger partial charge in [-0.05, 0) is 31.5 Å². The number of aryl methyl sites for hydroxylation is 1. The van der Waals surface area contributed by atoms with Crippen LogP contribution >= 0.6 is 0 Å². The molecule has 3 rings (SSSR count). The van der Waals surface area contributed by atoms with Crippen molar-refractivity contribution in [3.63, 3.8) is 0 Å². The molecule has 0 spiro atoms. The number of nitrogen functional groups attached to an aromatic ring is 1. The van der Waals surface area contributed by atoms with Gasteiger partial charge < -0.3 is 15.2 Å². The lowest BCUT2D eigenvalue weighted by molar-refractivity contribution is -0.384. The Bertz CT molecular complexity index is 725. The zero-order chi connectivity index (χ0) is 15.1. The minimum Gasteiger partial charge on any atom is -0.454 e. The number of rotatable bonds is 3. The highest BCUT2D eigenvalue weighted by Crippen LogP contribution is 2.36. The first-order chi connectivity index (χ1) is 9.99. The topological polar surface area (TPSA) is 105 Å². The van der Waals surface area contributed by atoms with Crippen LogP contribution in [0.5, 0.6) is 11.5 Å². The van der Waals surface area contributed by atoms with Crippen LogP contribution < -0.4 is 15.2 Å². The molecule has 2 N–H and O–H groups in total. The summed E-state index contributed by atoms with van der Waals surface area (Å²) in [5, 5.41) is 15.2. The Kier molecular flexibility index (Phi) is 2.93. The van der Waals surface area contributed by atoms with Gasteiger partial charge in [-0.25, -0.2) is 4.68 Å². The standard InChI is InChI=1S/C13H14N4O4/c1-7-12(17(18)19)13(14)16(15-7)8(2)9-3-4-10-11(5-9)21-6-20-10/h3-5,8H,6,14H2,1-2H3. The Balaban J connectivity index is 2.01. The van der Waals surface area contributed by atoms with Crippen molar-refractivity contribution in [2.24, 2.45) is 0 Å². The first-order valence-electron chi connectivity index (χ1n) is 6.37. The minimum absolute atomic E-state index is 0.0441. The molecule has 0 aliphatic carbocycles. The second kappa shape index (κ2) is 4.65. The average Bonchev–Trinajstić information content (AvgIpc) is 3.01. The van der Waals surface area contributed by atoms with E-state index in [1.54, 1.807) is 13.0 Å². The van der Waals surface area contributed by atoms with Gasteiger partial charge in [0.1, 0.15) is 5.69 Å². The molecule has 0 saturated carbocycles. The Labute approximate surface area is 120 Å². The molecule has 0 bridgehead atoms. The third-order valence-electron chi connectivity index (χ3n) is 3.52. The maximum Gasteiger partial charge on any atom is 0.333 e. The molecule has 2 aromatic rings. The molecule has 1 aliphatic rings. The van der Waals surface area contributed by atoms with E-state index in [1.165, 1.54) is 4.68 Å². The van der Waals surface area contributed by atoms with E-state index in [1.807, 2.05) is 19.1 Å². The number of anilines is 1. The molecule has 8 nitrogen and oxygen atoms in total. The van der Waals surface area contributed by atoms with Gasteiger partial charge in [-0.1, -0.05) is 6.07 Å². The van der Waals surface area contributed by atoms with Crippen LogP contribution in [-0.2, 0) is 0 Å². The Morgan fingerprint density at radius 3 is 2.81 bits per heavy atom. The summed E-state index contributed by atoms with van der Waals surface area (Å²) in [5.74, 6) is 1.38. The fourth-order valence-electron chi connectivity index (χ4n) is 2.39. The van der Waals surface area contributed by atoms with Crippen molar-refractivity contribution >= 4 is 11.5 Å². The van der Waals surface area contributed by atoms with Gasteiger partial charge in [-0.2, -0.15) is 5.10 Å². The summed E-state index contributed by atoms with van der Waals surface area (Å²) >= 11 is 0. The summed E-state index contributed by atoms with van der Waals surface area (Å²) in [4.78, 5) is 10.5. The van der Waals surface area contributed by atoms with Crippen LogP contribution in [0.4, 0.5) is 11.5 Å². The van der Waals surface area contributed by atoms with Crippen LogP contribution in [0, 0.1) is 17.0 Å². The predicted octanol–water partition coefficient (Wildman–Crippen LogP) is 2.02. The Hall–Kier alpha value is -2.77. The van der Waals surface area contributed by atoms with Gasteiger partial charge in [-0.3, -0.25) is 10.1 Å². The van der Waals surface area contributed by atoms with Crippen molar-refractivity contribution in [1.29, 1.82) is 0 Å². The monoisotopic (exact) mass is 290 g/mol. The second-order valence-electron chi connectivity index (χ2n) is 4.81. The number of nitro groups is 1. The van der Waals surface area contributed by atoms with Gasteiger partial charge in [0.2, 0.25) is 12.6 Å². The third-order valence-corrected chi connectivity index (χ3v) is 3.52. The van der Waals surface area contributed by atoms with Gasteiger partial charge in [0, 0.05) is 0 Å². The van der Waals surface area contributed by atoms with Crippen LogP contribution in [0.3, 0.4) is 0 Å². The van der Waals surface area contributed by atoms with E-state index in [0.717, 1.165) is 5.56 Å². The Morgan fingerprint density at radius 2 is 2.14 bits per heavy atom. The third kappa shape index (κ3) is 2.04. The van der Waals surface area contributed by atoms with E-state index >= 15 is 0 Å². The van der Waals surface area contributed by atoms with E-state index in [9.17, 15) is 10.1 Å². The van der Waals surface area contributed by atoms with Gasteiger partial charge in [0.25, 0.3) is 0 Å². The molecular weight excluding hydrogens is 276 g/mol. The summed E-state index contributed by atoms with van der Waals surface area (Å²) in [6.45, 7) is 3.63. The summed E-state index contributed by atoms with van der Waals surface area (Å²) in [6, 6.07) is 5.23. The molecule has 1 aromatic heterocycles. The van der Waals surface area contributed by atoms with Crippen molar-refractivity contribution in [2.45, 2.75) is 19.9 Å². The van der Waals surface area contributed by atoms with E-state index in [4.69, 9.17) is 15.2 Å². The fraction of sp³-hybridized carbons (Fsp3) is 0.308. The Morgan fingerprint density at radius 1 is 1.43 bits per heavy atom. The van der Waals surface area contributed by atoms with Gasteiger partial charge in [0.15, 0.2) is 11.5 Å². The summed E-state index contributed by atoms with van der Waals surface area (Å²) < 4.78 is 12.0. The number of ether oxygens (including phenoxy) is 2. The largest absolute Gasteiger partial charge is 0.454 e. The molecule has 2 heterocycles. The van der Waals surface area contributed by atoms with Gasteiger partial charge >= 0.3 is 5.69 Å². The highest BCUT2D eigenvalue weighted by Gasteiger charge is 2.26. The molecular formula is C13H14N4O4. The van der Waals surface area contributed by atoms with Crippen LogP contribution in [0.1, 0.15) is 24.2 Å². The SMILES string of the molecule is Cc1nn(C(C)c2ccc3c(c2)OCO3)c(N)c1[N+](=O)[O-]. The first-order valence-corrected chi connectivity index (χ1v) is 6.37. The molecule has 1 atom stereocenters. The van der Waals surface area contributed by atoms with Crippen LogP contribution in [0.25, 0.3) is 0 Å². The number of nitrogens with two attached hydrogens (primary N) is 1. The number of hydrogen-bond donors (Lipinski definition) is 1. The van der Waals surface area contributed by atoms with E-state index in [0.29, 0.717) is 17.2 Å². The average molecular weight is 290 g/mol. The van der Waals surface area contributed by atoms with Crippen molar-refractivity contribution in [3.05, 3.63) is 39.6 Å². The van der Waals surface area contributed by atoms with Crippen molar-refractivity contribution in [2.75, 3.05) is 12.5 Å². The normalized spacial score (nSPS) is 14.2.